The summed E-state index contributed by atoms with van der Waals surface area (Å²) in [7, 11) is 0. The number of nitrogens with two attached hydrogens (primary N) is 1. The fourth-order valence-corrected chi connectivity index (χ4v) is 4.00. The van der Waals surface area contributed by atoms with Crippen molar-refractivity contribution < 1.29 is 54.5 Å². The predicted octanol–water partition coefficient (Wildman–Crippen LogP) is 3.38. The van der Waals surface area contributed by atoms with Crippen LogP contribution >= 0.6 is 0 Å². The van der Waals surface area contributed by atoms with Crippen molar-refractivity contribution in [3.63, 3.8) is 0 Å². The van der Waals surface area contributed by atoms with Crippen molar-refractivity contribution in [3.05, 3.63) is 58.6 Å². The highest BCUT2D eigenvalue weighted by Gasteiger charge is 2.66. The third kappa shape index (κ3) is 4.74. The summed E-state index contributed by atoms with van der Waals surface area (Å²) < 4.78 is 105. The Hall–Kier alpha value is -3.62. The number of benzene rings is 1. The number of hydrogen-bond donors (Lipinski definition) is 2. The number of hydrogen-bond acceptors (Lipinski definition) is 5. The molecule has 1 aliphatic heterocycles. The highest BCUT2D eigenvalue weighted by atomic mass is 19.4. The number of aromatic nitrogens is 1. The number of amides is 2. The first-order valence-electron chi connectivity index (χ1n) is 10.1. The molecule has 0 radical (unpaired) electrons. The second-order valence-corrected chi connectivity index (χ2v) is 8.10. The fourth-order valence-electron chi connectivity index (χ4n) is 4.00. The highest BCUT2D eigenvalue weighted by molar-refractivity contribution is 5.97. The van der Waals surface area contributed by atoms with Crippen LogP contribution in [0.1, 0.15) is 35.8 Å². The van der Waals surface area contributed by atoms with E-state index >= 15 is 0 Å². The number of ether oxygens (including phenoxy) is 2. The summed E-state index contributed by atoms with van der Waals surface area (Å²) in [5.74, 6) is -10.8. The van der Waals surface area contributed by atoms with Crippen LogP contribution in [0.5, 0.6) is 5.75 Å². The van der Waals surface area contributed by atoms with Crippen LogP contribution in [0.25, 0.3) is 0 Å². The van der Waals surface area contributed by atoms with Gasteiger partial charge in [0.15, 0.2) is 23.4 Å². The summed E-state index contributed by atoms with van der Waals surface area (Å²) in [6.45, 7) is -2.07. The summed E-state index contributed by atoms with van der Waals surface area (Å²) in [6, 6.07) is 3.04. The molecule has 0 aliphatic carbocycles. The maximum atomic E-state index is 14.4. The minimum Gasteiger partial charge on any atom is -0.618 e. The smallest absolute Gasteiger partial charge is 0.417 e. The molecule has 15 heteroatoms. The van der Waals surface area contributed by atoms with E-state index in [0.29, 0.717) is 13.0 Å². The molecule has 2 amide bonds. The molecule has 2 aromatic rings. The first-order valence-corrected chi connectivity index (χ1v) is 10.1. The Balaban J connectivity index is 2.11. The van der Waals surface area contributed by atoms with Crippen molar-refractivity contribution in [2.24, 2.45) is 11.7 Å². The number of carbonyl (C=O) groups is 2. The largest absolute Gasteiger partial charge is 0.618 e. The molecule has 36 heavy (non-hydrogen) atoms. The van der Waals surface area contributed by atoms with Crippen molar-refractivity contribution in [2.45, 2.75) is 44.3 Å². The first-order chi connectivity index (χ1) is 16.6. The van der Waals surface area contributed by atoms with Gasteiger partial charge in [-0.3, -0.25) is 9.59 Å². The molecule has 0 bridgehead atoms. The van der Waals surface area contributed by atoms with E-state index in [1.807, 2.05) is 0 Å². The maximum absolute atomic E-state index is 14.4. The van der Waals surface area contributed by atoms with Gasteiger partial charge in [0.05, 0.1) is 5.69 Å². The van der Waals surface area contributed by atoms with E-state index in [4.69, 9.17) is 10.5 Å². The van der Waals surface area contributed by atoms with Crippen molar-refractivity contribution in [1.29, 1.82) is 0 Å². The van der Waals surface area contributed by atoms with Crippen LogP contribution in [-0.2, 0) is 9.53 Å². The third-order valence-electron chi connectivity index (χ3n) is 6.01. The lowest BCUT2D eigenvalue weighted by Gasteiger charge is -2.32. The zero-order valence-corrected chi connectivity index (χ0v) is 18.4. The summed E-state index contributed by atoms with van der Waals surface area (Å²) in [6.07, 6.45) is -6.38. The van der Waals surface area contributed by atoms with Crippen molar-refractivity contribution >= 4 is 17.5 Å². The van der Waals surface area contributed by atoms with E-state index in [1.54, 1.807) is 0 Å². The minimum absolute atomic E-state index is 0.0743. The normalized spacial score (nSPS) is 24.1. The molecule has 0 spiro atoms. The quantitative estimate of drug-likeness (QED) is 0.341. The second kappa shape index (κ2) is 9.44. The zero-order chi connectivity index (χ0) is 27.2. The van der Waals surface area contributed by atoms with Crippen LogP contribution in [0.15, 0.2) is 30.5 Å². The van der Waals surface area contributed by atoms with E-state index in [1.165, 1.54) is 0 Å². The fraction of sp³-hybridized carbons (Fsp3) is 0.381. The number of nitrogens with zero attached hydrogens (tertiary/aromatic N) is 1. The van der Waals surface area contributed by atoms with Gasteiger partial charge in [-0.1, -0.05) is 13.0 Å². The number of rotatable bonds is 6. The number of alkyl halides is 5. The minimum atomic E-state index is -5.08. The Morgan fingerprint density at radius 1 is 1.25 bits per heavy atom. The van der Waals surface area contributed by atoms with Gasteiger partial charge in [-0.15, -0.1) is 0 Å². The average molecular weight is 525 g/mol. The van der Waals surface area contributed by atoms with Crippen LogP contribution < -0.4 is 20.5 Å². The number of pyridine rings is 1. The summed E-state index contributed by atoms with van der Waals surface area (Å²) >= 11 is 0. The van der Waals surface area contributed by atoms with Crippen LogP contribution in [0.4, 0.5) is 36.4 Å². The van der Waals surface area contributed by atoms with E-state index < -0.39 is 76.8 Å². The number of nitrogens with one attached hydrogen (secondary N) is 1. The molecular weight excluding hydrogens is 507 g/mol. The summed E-state index contributed by atoms with van der Waals surface area (Å²) in [5.41, 5.74) is 0.502. The maximum Gasteiger partial charge on any atom is 0.417 e. The zero-order valence-electron chi connectivity index (χ0n) is 18.4. The van der Waals surface area contributed by atoms with Gasteiger partial charge in [0.1, 0.15) is 6.10 Å². The molecule has 0 saturated carbocycles. The van der Waals surface area contributed by atoms with Crippen molar-refractivity contribution in [1.82, 2.24) is 0 Å². The van der Waals surface area contributed by atoms with Gasteiger partial charge in [0, 0.05) is 29.5 Å². The topological polar surface area (TPSA) is 118 Å². The van der Waals surface area contributed by atoms with E-state index in [9.17, 15) is 45.5 Å². The Morgan fingerprint density at radius 3 is 2.44 bits per heavy atom. The Bertz CT molecular complexity index is 1190. The van der Waals surface area contributed by atoms with Crippen molar-refractivity contribution in [3.8, 4) is 5.75 Å². The average Bonchev–Trinajstić information content (AvgIpc) is 3.04. The number of anilines is 1. The molecule has 0 unspecified atom stereocenters. The van der Waals surface area contributed by atoms with Gasteiger partial charge in [-0.25, -0.2) is 4.39 Å². The Kier molecular flexibility index (Phi) is 7.08. The van der Waals surface area contributed by atoms with E-state index in [2.05, 4.69) is 10.1 Å². The Morgan fingerprint density at radius 2 is 1.89 bits per heavy atom. The molecule has 1 aromatic carbocycles. The number of carbonyl (C=O) groups excluding carboxylic acids is 2. The monoisotopic (exact) mass is 525 g/mol. The lowest BCUT2D eigenvalue weighted by atomic mass is 9.77. The van der Waals surface area contributed by atoms with Gasteiger partial charge in [0.2, 0.25) is 5.82 Å². The molecule has 1 saturated heterocycles. The van der Waals surface area contributed by atoms with E-state index in [-0.39, 0.29) is 10.4 Å². The van der Waals surface area contributed by atoms with Crippen LogP contribution in [-0.4, -0.2) is 36.3 Å². The van der Waals surface area contributed by atoms with Gasteiger partial charge in [-0.2, -0.15) is 31.1 Å². The number of primary amides is 1. The molecule has 8 nitrogen and oxygen atoms in total. The number of halogens is 7. The molecule has 1 aliphatic rings. The third-order valence-corrected chi connectivity index (χ3v) is 6.01. The SMILES string of the molecule is C[C@H]1[C@@H](c2ccc(F)c(F)c2OC(F)F)[C@@H](C(=O)Nc2cc[n+]([O-])c(C(N)=O)c2)O[C@@]1(C)C(F)(F)F. The molecule has 196 valence electrons. The predicted molar refractivity (Wildman–Crippen MR) is 107 cm³/mol. The molecule has 4 atom stereocenters. The lowest BCUT2D eigenvalue weighted by molar-refractivity contribution is -0.607. The van der Waals surface area contributed by atoms with Crippen LogP contribution in [0.2, 0.25) is 0 Å². The standard InChI is InChI=1S/C21H18F7N3O5/c1-8-13(10-3-4-11(22)14(23)15(10)35-19(24)25)16(36-20(8,2)21(26,27)28)18(33)30-9-5-6-31(34)12(7-9)17(29)32/h3-8,13,16,19H,1-2H3,(H2,29,32)(H,30,33)/t8-,13-,16-,20+/m0/s1. The van der Waals surface area contributed by atoms with Crippen molar-refractivity contribution in [2.75, 3.05) is 5.32 Å². The molecule has 2 heterocycles. The summed E-state index contributed by atoms with van der Waals surface area (Å²) in [5, 5.41) is 13.8. The lowest BCUT2D eigenvalue weighted by Crippen LogP contribution is -2.47. The summed E-state index contributed by atoms with van der Waals surface area (Å²) in [4.78, 5) is 24.4. The van der Waals surface area contributed by atoms with E-state index in [0.717, 1.165) is 31.3 Å². The second-order valence-electron chi connectivity index (χ2n) is 8.10. The first kappa shape index (κ1) is 27.0. The molecule has 1 fully saturated rings. The molecule has 3 rings (SSSR count). The molecule has 3 N–H and O–H groups in total. The van der Waals surface area contributed by atoms with Crippen LogP contribution in [0.3, 0.4) is 0 Å². The Labute approximate surface area is 198 Å². The van der Waals surface area contributed by atoms with Gasteiger partial charge in [-0.05, 0) is 13.0 Å². The van der Waals surface area contributed by atoms with Gasteiger partial charge >= 0.3 is 18.7 Å². The van der Waals surface area contributed by atoms with Gasteiger partial charge < -0.3 is 25.7 Å². The highest BCUT2D eigenvalue weighted by Crippen LogP contribution is 2.55. The molecule has 1 aromatic heterocycles. The van der Waals surface area contributed by atoms with Gasteiger partial charge in [0.25, 0.3) is 11.6 Å². The van der Waals surface area contributed by atoms with Crippen LogP contribution in [0, 0.1) is 22.8 Å². The molecular formula is C21H18F7N3O5.